The number of hydrogen-bond donors (Lipinski definition) is 1. The van der Waals surface area contributed by atoms with Crippen LogP contribution < -0.4 is 5.43 Å². The van der Waals surface area contributed by atoms with Gasteiger partial charge in [-0.2, -0.15) is 5.10 Å². The summed E-state index contributed by atoms with van der Waals surface area (Å²) < 4.78 is 0. The summed E-state index contributed by atoms with van der Waals surface area (Å²) in [5.74, 6) is -0.161. The van der Waals surface area contributed by atoms with E-state index in [4.69, 9.17) is 0 Å². The Kier molecular flexibility index (Phi) is 4.52. The predicted molar refractivity (Wildman–Crippen MR) is 98.5 cm³/mol. The van der Waals surface area contributed by atoms with Gasteiger partial charge in [0, 0.05) is 11.1 Å². The van der Waals surface area contributed by atoms with Crippen molar-refractivity contribution in [3.8, 4) is 0 Å². The molecule has 3 nitrogen and oxygen atoms in total. The summed E-state index contributed by atoms with van der Waals surface area (Å²) in [7, 11) is 0. The molecule has 0 heterocycles. The first-order chi connectivity index (χ1) is 11.4. The van der Waals surface area contributed by atoms with Crippen molar-refractivity contribution in [2.24, 2.45) is 5.10 Å². The highest BCUT2D eigenvalue weighted by Crippen LogP contribution is 2.23. The molecule has 1 aliphatic rings. The van der Waals surface area contributed by atoms with Gasteiger partial charge in [-0.15, -0.1) is 0 Å². The largest absolute Gasteiger partial charge is 0.271 e. The van der Waals surface area contributed by atoms with E-state index in [1.165, 1.54) is 11.1 Å². The van der Waals surface area contributed by atoms with E-state index in [2.05, 4.69) is 49.5 Å². The van der Waals surface area contributed by atoms with E-state index in [-0.39, 0.29) is 11.3 Å². The van der Waals surface area contributed by atoms with E-state index in [1.807, 2.05) is 30.3 Å². The highest BCUT2D eigenvalue weighted by Gasteiger charge is 2.16. The lowest BCUT2D eigenvalue weighted by Gasteiger charge is -2.19. The lowest BCUT2D eigenvalue weighted by Crippen LogP contribution is -2.22. The van der Waals surface area contributed by atoms with Gasteiger partial charge in [0.05, 0.1) is 5.71 Å². The Hall–Kier alpha value is -2.42. The number of nitrogens with one attached hydrogen (secondary N) is 1. The number of amides is 1. The predicted octanol–water partition coefficient (Wildman–Crippen LogP) is 4.45. The van der Waals surface area contributed by atoms with Crippen molar-refractivity contribution in [1.82, 2.24) is 5.43 Å². The van der Waals surface area contributed by atoms with E-state index in [0.717, 1.165) is 30.5 Å². The highest BCUT2D eigenvalue weighted by atomic mass is 16.2. The van der Waals surface area contributed by atoms with Gasteiger partial charge in [0.15, 0.2) is 0 Å². The zero-order chi connectivity index (χ0) is 17.2. The molecule has 0 aliphatic heterocycles. The maximum atomic E-state index is 12.3. The normalized spacial score (nSPS) is 15.9. The Morgan fingerprint density at radius 2 is 1.71 bits per heavy atom. The summed E-state index contributed by atoms with van der Waals surface area (Å²) in [4.78, 5) is 12.3. The van der Waals surface area contributed by atoms with Gasteiger partial charge in [-0.1, -0.05) is 57.2 Å². The van der Waals surface area contributed by atoms with Gasteiger partial charge < -0.3 is 0 Å². The Labute approximate surface area is 143 Å². The van der Waals surface area contributed by atoms with Crippen molar-refractivity contribution in [2.75, 3.05) is 0 Å². The number of rotatable bonds is 2. The second-order valence-corrected chi connectivity index (χ2v) is 7.34. The molecule has 0 saturated carbocycles. The number of benzene rings is 2. The summed E-state index contributed by atoms with van der Waals surface area (Å²) in [6, 6.07) is 16.0. The average molecular weight is 320 g/mol. The first-order valence-corrected chi connectivity index (χ1v) is 8.51. The number of hydrazone groups is 1. The van der Waals surface area contributed by atoms with Crippen molar-refractivity contribution in [2.45, 2.75) is 45.4 Å². The number of carbonyl (C=O) groups is 1. The van der Waals surface area contributed by atoms with E-state index < -0.39 is 0 Å². The summed E-state index contributed by atoms with van der Waals surface area (Å²) >= 11 is 0. The molecular formula is C21H24N2O. The molecule has 0 atom stereocenters. The molecule has 1 aliphatic carbocycles. The van der Waals surface area contributed by atoms with Crippen LogP contribution in [0.4, 0.5) is 0 Å². The minimum absolute atomic E-state index is 0.0844. The summed E-state index contributed by atoms with van der Waals surface area (Å²) in [5, 5.41) is 4.39. The maximum absolute atomic E-state index is 12.3. The molecule has 3 rings (SSSR count). The van der Waals surface area contributed by atoms with E-state index in [1.54, 1.807) is 0 Å². The molecular weight excluding hydrogens is 296 g/mol. The third-order valence-electron chi connectivity index (χ3n) is 4.49. The number of aryl methyl sites for hydroxylation is 1. The van der Waals surface area contributed by atoms with E-state index in [9.17, 15) is 4.79 Å². The van der Waals surface area contributed by atoms with Crippen LogP contribution in [0.15, 0.2) is 53.6 Å². The SMILES string of the molecule is CC(C)(C)c1ccc(C(=O)N/N=C2\CCCc3ccccc32)cc1. The van der Waals surface area contributed by atoms with Crippen molar-refractivity contribution in [1.29, 1.82) is 0 Å². The molecule has 2 aromatic rings. The van der Waals surface area contributed by atoms with Crippen LogP contribution in [0.1, 0.15) is 60.7 Å². The summed E-state index contributed by atoms with van der Waals surface area (Å²) in [5.41, 5.74) is 8.09. The molecule has 0 aromatic heterocycles. The summed E-state index contributed by atoms with van der Waals surface area (Å²) in [6.07, 6.45) is 3.06. The lowest BCUT2D eigenvalue weighted by atomic mass is 9.87. The Morgan fingerprint density at radius 3 is 2.42 bits per heavy atom. The van der Waals surface area contributed by atoms with Gasteiger partial charge >= 0.3 is 0 Å². The highest BCUT2D eigenvalue weighted by molar-refractivity contribution is 6.04. The molecule has 24 heavy (non-hydrogen) atoms. The first kappa shape index (κ1) is 16.4. The molecule has 0 fully saturated rings. The Bertz CT molecular complexity index is 767. The van der Waals surface area contributed by atoms with Crippen molar-refractivity contribution in [3.05, 3.63) is 70.8 Å². The third kappa shape index (κ3) is 3.56. The number of nitrogens with zero attached hydrogens (tertiary/aromatic N) is 1. The van der Waals surface area contributed by atoms with Crippen LogP contribution in [0.5, 0.6) is 0 Å². The lowest BCUT2D eigenvalue weighted by molar-refractivity contribution is 0.0954. The van der Waals surface area contributed by atoms with E-state index in [0.29, 0.717) is 5.56 Å². The smallest absolute Gasteiger partial charge is 0.267 e. The molecule has 0 saturated heterocycles. The first-order valence-electron chi connectivity index (χ1n) is 8.51. The van der Waals surface area contributed by atoms with Crippen LogP contribution in [0.2, 0.25) is 0 Å². The Balaban J connectivity index is 1.74. The fourth-order valence-electron chi connectivity index (χ4n) is 3.02. The number of hydrogen-bond acceptors (Lipinski definition) is 2. The average Bonchev–Trinajstić information content (AvgIpc) is 2.59. The molecule has 1 N–H and O–H groups in total. The fraction of sp³-hybridized carbons (Fsp3) is 0.333. The molecule has 2 aromatic carbocycles. The zero-order valence-electron chi connectivity index (χ0n) is 14.6. The van der Waals surface area contributed by atoms with Gasteiger partial charge in [-0.3, -0.25) is 4.79 Å². The minimum Gasteiger partial charge on any atom is -0.267 e. The maximum Gasteiger partial charge on any atom is 0.271 e. The second kappa shape index (κ2) is 6.60. The van der Waals surface area contributed by atoms with Crippen molar-refractivity contribution < 1.29 is 4.79 Å². The van der Waals surface area contributed by atoms with Gasteiger partial charge in [0.2, 0.25) is 0 Å². The van der Waals surface area contributed by atoms with Crippen LogP contribution >= 0.6 is 0 Å². The molecule has 0 bridgehead atoms. The molecule has 3 heteroatoms. The molecule has 1 amide bonds. The standard InChI is InChI=1S/C21H24N2O/c1-21(2,3)17-13-11-16(12-14-17)20(24)23-22-19-10-6-8-15-7-4-5-9-18(15)19/h4-5,7,9,11-14H,6,8,10H2,1-3H3,(H,23,24)/b22-19+. The fourth-order valence-corrected chi connectivity index (χ4v) is 3.02. The van der Waals surface area contributed by atoms with Gasteiger partial charge in [-0.25, -0.2) is 5.43 Å². The monoisotopic (exact) mass is 320 g/mol. The Morgan fingerprint density at radius 1 is 1.00 bits per heavy atom. The van der Waals surface area contributed by atoms with Crippen LogP contribution in [0, 0.1) is 0 Å². The second-order valence-electron chi connectivity index (χ2n) is 7.34. The van der Waals surface area contributed by atoms with Crippen molar-refractivity contribution >= 4 is 11.6 Å². The van der Waals surface area contributed by atoms with Crippen LogP contribution in [-0.2, 0) is 11.8 Å². The van der Waals surface area contributed by atoms with Crippen LogP contribution in [0.3, 0.4) is 0 Å². The number of fused-ring (bicyclic) bond motifs is 1. The van der Waals surface area contributed by atoms with Crippen LogP contribution in [-0.4, -0.2) is 11.6 Å². The third-order valence-corrected chi connectivity index (χ3v) is 4.49. The van der Waals surface area contributed by atoms with Crippen molar-refractivity contribution in [3.63, 3.8) is 0 Å². The van der Waals surface area contributed by atoms with E-state index >= 15 is 0 Å². The molecule has 124 valence electrons. The molecule has 0 radical (unpaired) electrons. The van der Waals surface area contributed by atoms with Gasteiger partial charge in [0.1, 0.15) is 0 Å². The summed E-state index contributed by atoms with van der Waals surface area (Å²) in [6.45, 7) is 6.48. The quantitative estimate of drug-likeness (QED) is 0.816. The van der Waals surface area contributed by atoms with Gasteiger partial charge in [-0.05, 0) is 47.9 Å². The zero-order valence-corrected chi connectivity index (χ0v) is 14.6. The van der Waals surface area contributed by atoms with Crippen LogP contribution in [0.25, 0.3) is 0 Å². The molecule has 0 unspecified atom stereocenters. The topological polar surface area (TPSA) is 41.5 Å². The number of carbonyl (C=O) groups excluding carboxylic acids is 1. The van der Waals surface area contributed by atoms with Gasteiger partial charge in [0.25, 0.3) is 5.91 Å². The molecule has 0 spiro atoms. The minimum atomic E-state index is -0.161.